The van der Waals surface area contributed by atoms with Crippen LogP contribution in [0.2, 0.25) is 0 Å². The quantitative estimate of drug-likeness (QED) is 0.761. The highest BCUT2D eigenvalue weighted by Crippen LogP contribution is 2.42. The van der Waals surface area contributed by atoms with Gasteiger partial charge in [0.2, 0.25) is 0 Å². The molecule has 1 fully saturated rings. The second-order valence-corrected chi connectivity index (χ2v) is 5.74. The van der Waals surface area contributed by atoms with Gasteiger partial charge in [0, 0.05) is 17.2 Å². The van der Waals surface area contributed by atoms with E-state index in [4.69, 9.17) is 4.74 Å². The van der Waals surface area contributed by atoms with E-state index in [0.29, 0.717) is 13.0 Å². The topological polar surface area (TPSA) is 26.3 Å². The molecule has 1 aromatic rings. The summed E-state index contributed by atoms with van der Waals surface area (Å²) in [5.74, 6) is 0.414. The molecule has 2 atom stereocenters. The summed E-state index contributed by atoms with van der Waals surface area (Å²) >= 11 is 1.71. The number of thiophene rings is 1. The molecule has 0 radical (unpaired) electrons. The Kier molecular flexibility index (Phi) is 2.53. The zero-order chi connectivity index (χ0) is 11.9. The zero-order valence-corrected chi connectivity index (χ0v) is 10.5. The number of allylic oxidation sites excluding steroid dienone is 1. The summed E-state index contributed by atoms with van der Waals surface area (Å²) in [6.45, 7) is 2.70. The van der Waals surface area contributed by atoms with Crippen LogP contribution in [0, 0.1) is 5.92 Å². The second kappa shape index (κ2) is 3.93. The second-order valence-electron chi connectivity index (χ2n) is 4.76. The normalized spacial score (nSPS) is 34.3. The first-order valence-electron chi connectivity index (χ1n) is 5.77. The van der Waals surface area contributed by atoms with E-state index in [9.17, 15) is 4.79 Å². The molecule has 1 saturated heterocycles. The van der Waals surface area contributed by atoms with Gasteiger partial charge in [0.1, 0.15) is 0 Å². The molecule has 0 saturated carbocycles. The van der Waals surface area contributed by atoms with Gasteiger partial charge in [0.25, 0.3) is 0 Å². The fourth-order valence-electron chi connectivity index (χ4n) is 2.53. The van der Waals surface area contributed by atoms with Gasteiger partial charge in [-0.05, 0) is 42.2 Å². The first-order chi connectivity index (χ1) is 8.17. The minimum Gasteiger partial charge on any atom is -0.366 e. The number of carbonyl (C=O) groups is 1. The van der Waals surface area contributed by atoms with Crippen LogP contribution in [0.1, 0.15) is 18.2 Å². The fraction of sp³-hybridized carbons (Fsp3) is 0.357. The lowest BCUT2D eigenvalue weighted by Crippen LogP contribution is -2.34. The molecule has 0 aromatic carbocycles. The lowest BCUT2D eigenvalue weighted by Gasteiger charge is -2.29. The fourth-order valence-corrected chi connectivity index (χ4v) is 3.22. The number of hydrogen-bond donors (Lipinski definition) is 0. The van der Waals surface area contributed by atoms with E-state index in [1.54, 1.807) is 17.4 Å². The number of fused-ring (bicyclic) bond motifs is 1. The largest absolute Gasteiger partial charge is 0.366 e. The van der Waals surface area contributed by atoms with Gasteiger partial charge in [0.15, 0.2) is 5.78 Å². The first kappa shape index (κ1) is 10.9. The molecule has 2 aliphatic rings. The Balaban J connectivity index is 1.95. The van der Waals surface area contributed by atoms with Crippen molar-refractivity contribution in [3.63, 3.8) is 0 Å². The predicted octanol–water partition coefficient (Wildman–Crippen LogP) is 3.07. The molecule has 0 bridgehead atoms. The summed E-state index contributed by atoms with van der Waals surface area (Å²) in [5.41, 5.74) is 0.962. The predicted molar refractivity (Wildman–Crippen MR) is 68.9 cm³/mol. The molecule has 0 amide bonds. The molecule has 3 heteroatoms. The van der Waals surface area contributed by atoms with Crippen molar-refractivity contribution in [2.24, 2.45) is 5.92 Å². The molecule has 2 nitrogen and oxygen atoms in total. The van der Waals surface area contributed by atoms with Crippen molar-refractivity contribution >= 4 is 23.2 Å². The first-order valence-corrected chi connectivity index (χ1v) is 6.65. The monoisotopic (exact) mass is 246 g/mol. The van der Waals surface area contributed by atoms with Crippen LogP contribution in [0.25, 0.3) is 6.08 Å². The van der Waals surface area contributed by atoms with Crippen LogP contribution in [0.4, 0.5) is 0 Å². The van der Waals surface area contributed by atoms with Crippen molar-refractivity contribution in [2.45, 2.75) is 18.9 Å². The number of carbonyl (C=O) groups excluding carboxylic acids is 1. The van der Waals surface area contributed by atoms with Gasteiger partial charge in [-0.25, -0.2) is 0 Å². The molecular formula is C14H14O2S. The highest BCUT2D eigenvalue weighted by atomic mass is 32.1. The van der Waals surface area contributed by atoms with Crippen LogP contribution in [-0.4, -0.2) is 18.0 Å². The Bertz CT molecular complexity index is 498. The standard InChI is InChI=1S/C14H14O2S/c1-14-5-4-11(15)8-13(14)10(9-16-14)7-12-3-2-6-17-12/h2-7,13H,8-9H2,1H3/b10-7+/t13-,14-/m0/s1. The Morgan fingerprint density at radius 2 is 2.47 bits per heavy atom. The van der Waals surface area contributed by atoms with E-state index < -0.39 is 0 Å². The van der Waals surface area contributed by atoms with E-state index in [0.717, 1.165) is 0 Å². The summed E-state index contributed by atoms with van der Waals surface area (Å²) in [6.07, 6.45) is 6.32. The van der Waals surface area contributed by atoms with E-state index >= 15 is 0 Å². The van der Waals surface area contributed by atoms with Crippen molar-refractivity contribution in [1.82, 2.24) is 0 Å². The molecule has 0 N–H and O–H groups in total. The average Bonchev–Trinajstić information content (AvgIpc) is 2.90. The van der Waals surface area contributed by atoms with Gasteiger partial charge in [-0.2, -0.15) is 0 Å². The van der Waals surface area contributed by atoms with Gasteiger partial charge < -0.3 is 4.74 Å². The number of ether oxygens (including phenoxy) is 1. The minimum atomic E-state index is -0.281. The molecule has 1 aliphatic heterocycles. The van der Waals surface area contributed by atoms with E-state index in [1.807, 2.05) is 12.1 Å². The van der Waals surface area contributed by atoms with Crippen LogP contribution in [0.5, 0.6) is 0 Å². The summed E-state index contributed by atoms with van der Waals surface area (Å²) in [7, 11) is 0. The molecule has 17 heavy (non-hydrogen) atoms. The Morgan fingerprint density at radius 3 is 3.24 bits per heavy atom. The highest BCUT2D eigenvalue weighted by Gasteiger charge is 2.44. The van der Waals surface area contributed by atoms with Crippen molar-refractivity contribution in [3.05, 3.63) is 40.1 Å². The maximum absolute atomic E-state index is 11.5. The number of ketones is 1. The SMILES string of the molecule is C[C@]12C=CC(=O)C[C@H]1/C(=C/c1cccs1)CO2. The minimum absolute atomic E-state index is 0.204. The van der Waals surface area contributed by atoms with Gasteiger partial charge in [-0.3, -0.25) is 4.79 Å². The van der Waals surface area contributed by atoms with Crippen molar-refractivity contribution < 1.29 is 9.53 Å². The van der Waals surface area contributed by atoms with Crippen molar-refractivity contribution in [3.8, 4) is 0 Å². The maximum Gasteiger partial charge on any atom is 0.156 e. The molecule has 2 heterocycles. The van der Waals surface area contributed by atoms with Gasteiger partial charge in [0.05, 0.1) is 12.2 Å². The molecule has 88 valence electrons. The zero-order valence-electron chi connectivity index (χ0n) is 9.68. The van der Waals surface area contributed by atoms with Crippen LogP contribution in [-0.2, 0) is 9.53 Å². The van der Waals surface area contributed by atoms with Crippen LogP contribution >= 0.6 is 11.3 Å². The summed E-state index contributed by atoms with van der Waals surface area (Å²) in [5, 5.41) is 2.06. The average molecular weight is 246 g/mol. The summed E-state index contributed by atoms with van der Waals surface area (Å²) in [6, 6.07) is 4.13. The third-order valence-corrected chi connectivity index (χ3v) is 4.38. The lowest BCUT2D eigenvalue weighted by molar-refractivity contribution is -0.117. The maximum atomic E-state index is 11.5. The summed E-state index contributed by atoms with van der Waals surface area (Å²) < 4.78 is 5.85. The summed E-state index contributed by atoms with van der Waals surface area (Å²) in [4.78, 5) is 12.8. The lowest BCUT2D eigenvalue weighted by atomic mass is 9.78. The molecule has 0 spiro atoms. The Hall–Kier alpha value is -1.19. The van der Waals surface area contributed by atoms with Gasteiger partial charge in [-0.15, -0.1) is 11.3 Å². The molecule has 0 unspecified atom stereocenters. The van der Waals surface area contributed by atoms with Crippen LogP contribution in [0.3, 0.4) is 0 Å². The molecular weight excluding hydrogens is 232 g/mol. The third-order valence-electron chi connectivity index (χ3n) is 3.57. The van der Waals surface area contributed by atoms with Crippen molar-refractivity contribution in [1.29, 1.82) is 0 Å². The third kappa shape index (κ3) is 1.90. The van der Waals surface area contributed by atoms with E-state index in [2.05, 4.69) is 24.4 Å². The Labute approximate surface area is 105 Å². The van der Waals surface area contributed by atoms with Crippen LogP contribution < -0.4 is 0 Å². The molecule has 1 aromatic heterocycles. The van der Waals surface area contributed by atoms with Crippen molar-refractivity contribution in [2.75, 3.05) is 6.61 Å². The molecule has 1 aliphatic carbocycles. The van der Waals surface area contributed by atoms with Gasteiger partial charge in [-0.1, -0.05) is 6.07 Å². The van der Waals surface area contributed by atoms with E-state index in [-0.39, 0.29) is 17.3 Å². The van der Waals surface area contributed by atoms with Gasteiger partial charge >= 0.3 is 0 Å². The number of hydrogen-bond acceptors (Lipinski definition) is 3. The van der Waals surface area contributed by atoms with E-state index in [1.165, 1.54) is 10.5 Å². The smallest absolute Gasteiger partial charge is 0.156 e. The highest BCUT2D eigenvalue weighted by molar-refractivity contribution is 7.10. The number of rotatable bonds is 1. The van der Waals surface area contributed by atoms with Crippen LogP contribution in [0.15, 0.2) is 35.2 Å². The molecule has 3 rings (SSSR count). The Morgan fingerprint density at radius 1 is 1.59 bits per heavy atom.